The molecule has 3 rings (SSSR count). The first-order chi connectivity index (χ1) is 25.4. The lowest BCUT2D eigenvalue weighted by Crippen LogP contribution is -2.46. The van der Waals surface area contributed by atoms with E-state index in [0.717, 1.165) is 37.3 Å². The Kier molecular flexibility index (Phi) is 20.2. The van der Waals surface area contributed by atoms with E-state index in [2.05, 4.69) is 63.8 Å². The molecule has 0 aliphatic carbocycles. The molecule has 2 aliphatic rings. The zero-order valence-electron chi connectivity index (χ0n) is 33.4. The number of carbonyl (C=O) groups excluding carboxylic acids is 2. The number of piperidine rings is 1. The second kappa shape index (κ2) is 24.0. The van der Waals surface area contributed by atoms with Crippen LogP contribution in [0.25, 0.3) is 0 Å². The van der Waals surface area contributed by atoms with Crippen LogP contribution in [0.4, 0.5) is 4.79 Å². The molecule has 0 bridgehead atoms. The number of allylic oxidation sites excluding steroid dienone is 1. The average Bonchev–Trinajstić information content (AvgIpc) is 3.69. The van der Waals surface area contributed by atoms with Gasteiger partial charge in [-0.15, -0.1) is 5.10 Å². The predicted octanol–water partition coefficient (Wildman–Crippen LogP) is 3.77. The predicted molar refractivity (Wildman–Crippen MR) is 200 cm³/mol. The van der Waals surface area contributed by atoms with Crippen LogP contribution in [-0.4, -0.2) is 149 Å². The van der Waals surface area contributed by atoms with Crippen LogP contribution in [0.3, 0.4) is 0 Å². The van der Waals surface area contributed by atoms with E-state index in [1.807, 2.05) is 11.1 Å². The summed E-state index contributed by atoms with van der Waals surface area (Å²) in [5, 5.41) is 11.3. The lowest BCUT2D eigenvalue weighted by Gasteiger charge is -2.38. The average molecular weight is 753 g/mol. The van der Waals surface area contributed by atoms with E-state index >= 15 is 0 Å². The molecule has 53 heavy (non-hydrogen) atoms. The van der Waals surface area contributed by atoms with Crippen LogP contribution >= 0.6 is 0 Å². The molecule has 1 aromatic heterocycles. The van der Waals surface area contributed by atoms with Gasteiger partial charge in [0.1, 0.15) is 5.69 Å². The quantitative estimate of drug-likeness (QED) is 0.138. The highest BCUT2D eigenvalue weighted by molar-refractivity contribution is 5.84. The van der Waals surface area contributed by atoms with Gasteiger partial charge in [0.15, 0.2) is 0 Å². The third kappa shape index (κ3) is 17.6. The largest absolute Gasteiger partial charge is 0.377 e. The van der Waals surface area contributed by atoms with Crippen molar-refractivity contribution in [1.29, 1.82) is 0 Å². The van der Waals surface area contributed by atoms with E-state index in [9.17, 15) is 9.59 Å². The molecule has 304 valence electrons. The zero-order chi connectivity index (χ0) is 38.5. The summed E-state index contributed by atoms with van der Waals surface area (Å²) in [5.41, 5.74) is 1.77. The summed E-state index contributed by atoms with van der Waals surface area (Å²) < 4.78 is 40.6. The first-order valence-electron chi connectivity index (χ1n) is 19.3. The molecule has 2 fully saturated rings. The molecule has 1 unspecified atom stereocenters. The normalized spacial score (nSPS) is 17.4. The molecule has 15 nitrogen and oxygen atoms in total. The van der Waals surface area contributed by atoms with Crippen molar-refractivity contribution in [3.63, 3.8) is 0 Å². The molecular formula is C38H68N6O9. The van der Waals surface area contributed by atoms with E-state index < -0.39 is 0 Å². The molecule has 0 aromatic carbocycles. The van der Waals surface area contributed by atoms with Crippen molar-refractivity contribution in [3.05, 3.63) is 24.2 Å². The van der Waals surface area contributed by atoms with Gasteiger partial charge in [-0.05, 0) is 36.0 Å². The minimum absolute atomic E-state index is 0.00152. The van der Waals surface area contributed by atoms with Crippen molar-refractivity contribution >= 4 is 11.9 Å². The summed E-state index contributed by atoms with van der Waals surface area (Å²) in [6, 6.07) is -0.00152. The molecule has 15 heteroatoms. The highest BCUT2D eigenvalue weighted by Gasteiger charge is 2.41. The van der Waals surface area contributed by atoms with Gasteiger partial charge in [-0.3, -0.25) is 4.79 Å². The molecule has 0 saturated carbocycles. The summed E-state index contributed by atoms with van der Waals surface area (Å²) in [4.78, 5) is 28.8. The van der Waals surface area contributed by atoms with Gasteiger partial charge in [-0.2, -0.15) is 0 Å². The zero-order valence-corrected chi connectivity index (χ0v) is 33.4. The molecule has 2 saturated heterocycles. The van der Waals surface area contributed by atoms with E-state index in [1.54, 1.807) is 9.58 Å². The summed E-state index contributed by atoms with van der Waals surface area (Å²) in [6.07, 6.45) is 4.65. The number of nitrogens with one attached hydrogen (secondary N) is 1. The van der Waals surface area contributed by atoms with Crippen LogP contribution in [0.5, 0.6) is 0 Å². The van der Waals surface area contributed by atoms with Gasteiger partial charge < -0.3 is 48.3 Å². The second-order valence-electron chi connectivity index (χ2n) is 15.7. The Labute approximate surface area is 317 Å². The van der Waals surface area contributed by atoms with Crippen molar-refractivity contribution in [3.8, 4) is 0 Å². The molecule has 1 aromatic rings. The SMILES string of the molecule is C=C1CC(C(C)(C)C)C(=O)N1Cc1cn(CCOCCOCCOCCOCCOCCOCCOCCNC(=O)N2CCC(C(C)(C)C)CC2)nn1. The van der Waals surface area contributed by atoms with E-state index in [0.29, 0.717) is 130 Å². The summed E-state index contributed by atoms with van der Waals surface area (Å²) in [6.45, 7) is 27.0. The smallest absolute Gasteiger partial charge is 0.317 e. The fourth-order valence-electron chi connectivity index (χ4n) is 6.20. The number of hydrogen-bond donors (Lipinski definition) is 1. The highest BCUT2D eigenvalue weighted by Crippen LogP contribution is 2.39. The summed E-state index contributed by atoms with van der Waals surface area (Å²) in [5.74, 6) is 0.721. The van der Waals surface area contributed by atoms with Gasteiger partial charge in [-0.25, -0.2) is 9.48 Å². The molecule has 1 atom stereocenters. The number of likely N-dealkylation sites (tertiary alicyclic amines) is 2. The van der Waals surface area contributed by atoms with Gasteiger partial charge in [0.05, 0.1) is 112 Å². The first-order valence-corrected chi connectivity index (χ1v) is 19.3. The minimum atomic E-state index is -0.100. The molecule has 3 amide bonds. The summed E-state index contributed by atoms with van der Waals surface area (Å²) in [7, 11) is 0. The van der Waals surface area contributed by atoms with Crippen molar-refractivity contribution in [2.75, 3.05) is 112 Å². The lowest BCUT2D eigenvalue weighted by molar-refractivity contribution is -0.133. The monoisotopic (exact) mass is 753 g/mol. The molecule has 1 N–H and O–H groups in total. The van der Waals surface area contributed by atoms with Crippen LogP contribution in [0.2, 0.25) is 0 Å². The number of ether oxygens (including phenoxy) is 7. The standard InChI is InChI=1S/C38H68N6O9/c1-31-28-34(38(5,6)7)35(45)44(31)30-33-29-43(41-40-33)13-15-48-17-19-50-21-23-52-25-27-53-26-24-51-22-20-49-18-16-47-14-10-39-36(46)42-11-8-32(9-12-42)37(2,3)4/h29,32,34H,1,8-28,30H2,2-7H3,(H,39,46). The third-order valence-corrected chi connectivity index (χ3v) is 9.56. The van der Waals surface area contributed by atoms with E-state index in [4.69, 9.17) is 33.2 Å². The fraction of sp³-hybridized carbons (Fsp3) is 0.842. The molecule has 0 spiro atoms. The Bertz CT molecular complexity index is 1190. The van der Waals surface area contributed by atoms with Gasteiger partial charge in [0, 0.05) is 31.2 Å². The second-order valence-corrected chi connectivity index (χ2v) is 15.7. The third-order valence-electron chi connectivity index (χ3n) is 9.56. The van der Waals surface area contributed by atoms with Gasteiger partial charge in [0.25, 0.3) is 0 Å². The highest BCUT2D eigenvalue weighted by atomic mass is 16.6. The molecular weight excluding hydrogens is 684 g/mol. The Morgan fingerprint density at radius 3 is 1.68 bits per heavy atom. The summed E-state index contributed by atoms with van der Waals surface area (Å²) >= 11 is 0. The van der Waals surface area contributed by atoms with Crippen molar-refractivity contribution in [1.82, 2.24) is 30.1 Å². The maximum atomic E-state index is 12.9. The Balaban J connectivity index is 1.000. The minimum Gasteiger partial charge on any atom is -0.377 e. The van der Waals surface area contributed by atoms with Gasteiger partial charge in [-0.1, -0.05) is 53.3 Å². The molecule has 2 aliphatic heterocycles. The molecule has 3 heterocycles. The van der Waals surface area contributed by atoms with Crippen LogP contribution in [0.1, 0.15) is 66.5 Å². The Morgan fingerprint density at radius 2 is 1.23 bits per heavy atom. The maximum Gasteiger partial charge on any atom is 0.317 e. The van der Waals surface area contributed by atoms with Crippen molar-refractivity contribution < 1.29 is 42.7 Å². The number of amides is 3. The molecule has 0 radical (unpaired) electrons. The van der Waals surface area contributed by atoms with Crippen molar-refractivity contribution in [2.24, 2.45) is 22.7 Å². The maximum absolute atomic E-state index is 12.9. The number of rotatable bonds is 26. The number of nitrogens with zero attached hydrogens (tertiary/aromatic N) is 5. The Hall–Kier alpha value is -2.66. The number of aromatic nitrogens is 3. The van der Waals surface area contributed by atoms with Crippen LogP contribution in [0.15, 0.2) is 18.5 Å². The van der Waals surface area contributed by atoms with E-state index in [-0.39, 0.29) is 23.3 Å². The van der Waals surface area contributed by atoms with E-state index in [1.165, 1.54) is 0 Å². The Morgan fingerprint density at radius 1 is 0.755 bits per heavy atom. The topological polar surface area (TPSA) is 148 Å². The fourth-order valence-corrected chi connectivity index (χ4v) is 6.20. The van der Waals surface area contributed by atoms with Gasteiger partial charge in [0.2, 0.25) is 5.91 Å². The van der Waals surface area contributed by atoms with Crippen LogP contribution < -0.4 is 5.32 Å². The number of hydrogen-bond acceptors (Lipinski definition) is 11. The van der Waals surface area contributed by atoms with Crippen molar-refractivity contribution in [2.45, 2.75) is 73.9 Å². The number of carbonyl (C=O) groups is 2. The van der Waals surface area contributed by atoms with Crippen LogP contribution in [0, 0.1) is 22.7 Å². The first kappa shape index (κ1) is 44.7. The number of urea groups is 1. The lowest BCUT2D eigenvalue weighted by atomic mass is 9.75. The van der Waals surface area contributed by atoms with Gasteiger partial charge >= 0.3 is 6.03 Å². The van der Waals surface area contributed by atoms with Crippen LogP contribution in [-0.2, 0) is 51.0 Å².